The highest BCUT2D eigenvalue weighted by atomic mass is 35.5. The average molecular weight is 284 g/mol. The van der Waals surface area contributed by atoms with E-state index >= 15 is 0 Å². The van der Waals surface area contributed by atoms with Gasteiger partial charge in [-0.2, -0.15) is 5.10 Å². The molecule has 0 radical (unpaired) electrons. The SMILES string of the molecule is CC(Nc1nnccc1C(=O)O)c1ccc(Cl)s1. The fraction of sp³-hybridized carbons (Fsp3) is 0.182. The van der Waals surface area contributed by atoms with Gasteiger partial charge in [0.15, 0.2) is 5.82 Å². The molecule has 0 spiro atoms. The third kappa shape index (κ3) is 2.77. The van der Waals surface area contributed by atoms with Gasteiger partial charge in [-0.1, -0.05) is 11.6 Å². The Kier molecular flexibility index (Phi) is 3.78. The van der Waals surface area contributed by atoms with Crippen molar-refractivity contribution in [2.75, 3.05) is 5.32 Å². The molecule has 2 aromatic heterocycles. The number of carboxylic acid groups (broad SMARTS) is 1. The number of thiophene rings is 1. The van der Waals surface area contributed by atoms with Crippen LogP contribution in [0.1, 0.15) is 28.2 Å². The van der Waals surface area contributed by atoms with Gasteiger partial charge in [0.05, 0.1) is 16.6 Å². The summed E-state index contributed by atoms with van der Waals surface area (Å²) in [5, 5.41) is 19.5. The molecule has 0 saturated heterocycles. The van der Waals surface area contributed by atoms with Crippen molar-refractivity contribution < 1.29 is 9.90 Å². The second-order valence-corrected chi connectivity index (χ2v) is 5.35. The third-order valence-electron chi connectivity index (χ3n) is 2.33. The molecule has 0 amide bonds. The van der Waals surface area contributed by atoms with E-state index in [9.17, 15) is 4.79 Å². The maximum atomic E-state index is 11.0. The van der Waals surface area contributed by atoms with E-state index in [-0.39, 0.29) is 17.4 Å². The van der Waals surface area contributed by atoms with E-state index in [4.69, 9.17) is 16.7 Å². The number of halogens is 1. The Morgan fingerprint density at radius 2 is 2.28 bits per heavy atom. The minimum atomic E-state index is -1.04. The lowest BCUT2D eigenvalue weighted by atomic mass is 10.2. The molecule has 1 atom stereocenters. The Hall–Kier alpha value is -1.66. The summed E-state index contributed by atoms with van der Waals surface area (Å²) in [6.45, 7) is 1.91. The summed E-state index contributed by atoms with van der Waals surface area (Å²) in [6.07, 6.45) is 1.35. The standard InChI is InChI=1S/C11H10ClN3O2S/c1-6(8-2-3-9(12)18-8)14-10-7(11(16)17)4-5-13-15-10/h2-6H,1H3,(H,14,15)(H,16,17). The highest BCUT2D eigenvalue weighted by Gasteiger charge is 2.15. The van der Waals surface area contributed by atoms with Crippen LogP contribution in [0.2, 0.25) is 4.34 Å². The molecule has 1 unspecified atom stereocenters. The number of hydrogen-bond donors (Lipinski definition) is 2. The molecule has 2 rings (SSSR count). The molecule has 7 heteroatoms. The van der Waals surface area contributed by atoms with Crippen LogP contribution in [-0.2, 0) is 0 Å². The number of aromatic carboxylic acids is 1. The summed E-state index contributed by atoms with van der Waals surface area (Å²) >= 11 is 7.29. The molecule has 2 aromatic rings. The molecule has 0 aliphatic rings. The van der Waals surface area contributed by atoms with Crippen LogP contribution in [0.5, 0.6) is 0 Å². The van der Waals surface area contributed by atoms with Crippen LogP contribution >= 0.6 is 22.9 Å². The first-order valence-corrected chi connectivity index (χ1v) is 6.34. The topological polar surface area (TPSA) is 75.1 Å². The second-order valence-electron chi connectivity index (χ2n) is 3.61. The van der Waals surface area contributed by atoms with Crippen LogP contribution in [0.15, 0.2) is 24.4 Å². The third-order valence-corrected chi connectivity index (χ3v) is 3.74. The molecule has 0 fully saturated rings. The van der Waals surface area contributed by atoms with Crippen LogP contribution in [0.3, 0.4) is 0 Å². The summed E-state index contributed by atoms with van der Waals surface area (Å²) in [7, 11) is 0. The number of hydrogen-bond acceptors (Lipinski definition) is 5. The zero-order valence-corrected chi connectivity index (χ0v) is 11.0. The van der Waals surface area contributed by atoms with Gasteiger partial charge in [-0.15, -0.1) is 16.4 Å². The van der Waals surface area contributed by atoms with Crippen LogP contribution in [-0.4, -0.2) is 21.3 Å². The summed E-state index contributed by atoms with van der Waals surface area (Å²) in [6, 6.07) is 5.01. The molecular formula is C11H10ClN3O2S. The minimum Gasteiger partial charge on any atom is -0.478 e. The highest BCUT2D eigenvalue weighted by molar-refractivity contribution is 7.16. The van der Waals surface area contributed by atoms with Gasteiger partial charge in [0.25, 0.3) is 0 Å². The number of aromatic nitrogens is 2. The van der Waals surface area contributed by atoms with Crippen LogP contribution in [0.4, 0.5) is 5.82 Å². The zero-order valence-electron chi connectivity index (χ0n) is 9.42. The first-order valence-electron chi connectivity index (χ1n) is 5.14. The van der Waals surface area contributed by atoms with Crippen LogP contribution < -0.4 is 5.32 Å². The molecule has 0 aliphatic carbocycles. The minimum absolute atomic E-state index is 0.0858. The number of anilines is 1. The van der Waals surface area contributed by atoms with E-state index in [1.165, 1.54) is 23.6 Å². The number of nitrogens with zero attached hydrogens (tertiary/aromatic N) is 2. The monoisotopic (exact) mass is 283 g/mol. The van der Waals surface area contributed by atoms with Crippen molar-refractivity contribution in [1.82, 2.24) is 10.2 Å². The molecule has 2 heterocycles. The van der Waals surface area contributed by atoms with Gasteiger partial charge in [0, 0.05) is 4.88 Å². The van der Waals surface area contributed by atoms with Crippen molar-refractivity contribution in [3.8, 4) is 0 Å². The summed E-state index contributed by atoms with van der Waals surface area (Å²) in [5.74, 6) is -0.786. The molecule has 0 aromatic carbocycles. The summed E-state index contributed by atoms with van der Waals surface area (Å²) in [4.78, 5) is 12.0. The number of nitrogens with one attached hydrogen (secondary N) is 1. The summed E-state index contributed by atoms with van der Waals surface area (Å²) < 4.78 is 0.691. The first-order chi connectivity index (χ1) is 8.58. The normalized spacial score (nSPS) is 12.1. The number of rotatable bonds is 4. The molecular weight excluding hydrogens is 274 g/mol. The van der Waals surface area contributed by atoms with E-state index in [1.807, 2.05) is 13.0 Å². The van der Waals surface area contributed by atoms with E-state index in [2.05, 4.69) is 15.5 Å². The van der Waals surface area contributed by atoms with Crippen molar-refractivity contribution in [3.63, 3.8) is 0 Å². The molecule has 0 aliphatic heterocycles. The van der Waals surface area contributed by atoms with Crippen molar-refractivity contribution in [2.45, 2.75) is 13.0 Å². The Morgan fingerprint density at radius 1 is 1.50 bits per heavy atom. The van der Waals surface area contributed by atoms with Gasteiger partial charge < -0.3 is 10.4 Å². The highest BCUT2D eigenvalue weighted by Crippen LogP contribution is 2.29. The Morgan fingerprint density at radius 3 is 2.89 bits per heavy atom. The lowest BCUT2D eigenvalue weighted by Gasteiger charge is -2.13. The maximum absolute atomic E-state index is 11.0. The molecule has 18 heavy (non-hydrogen) atoms. The smallest absolute Gasteiger partial charge is 0.339 e. The zero-order chi connectivity index (χ0) is 13.1. The molecule has 5 nitrogen and oxygen atoms in total. The van der Waals surface area contributed by atoms with Gasteiger partial charge in [0.1, 0.15) is 5.56 Å². The van der Waals surface area contributed by atoms with Gasteiger partial charge in [-0.05, 0) is 25.1 Å². The average Bonchev–Trinajstić information content (AvgIpc) is 2.76. The largest absolute Gasteiger partial charge is 0.478 e. The van der Waals surface area contributed by atoms with Crippen LogP contribution in [0.25, 0.3) is 0 Å². The Balaban J connectivity index is 2.21. The predicted octanol–water partition coefficient (Wildman–Crippen LogP) is 3.06. The van der Waals surface area contributed by atoms with E-state index in [0.29, 0.717) is 4.34 Å². The Bertz CT molecular complexity index is 573. The second kappa shape index (κ2) is 5.32. The van der Waals surface area contributed by atoms with Crippen molar-refractivity contribution in [3.05, 3.63) is 39.2 Å². The van der Waals surface area contributed by atoms with Crippen molar-refractivity contribution >= 4 is 34.7 Å². The predicted molar refractivity (Wildman–Crippen MR) is 70.4 cm³/mol. The van der Waals surface area contributed by atoms with Gasteiger partial charge in [-0.25, -0.2) is 4.79 Å². The summed E-state index contributed by atoms with van der Waals surface area (Å²) in [5.41, 5.74) is 0.0968. The fourth-order valence-corrected chi connectivity index (χ4v) is 2.51. The van der Waals surface area contributed by atoms with E-state index in [1.54, 1.807) is 6.07 Å². The number of carbonyl (C=O) groups is 1. The van der Waals surface area contributed by atoms with Crippen LogP contribution in [0, 0.1) is 0 Å². The lowest BCUT2D eigenvalue weighted by molar-refractivity contribution is 0.0697. The number of carboxylic acids is 1. The maximum Gasteiger partial charge on any atom is 0.339 e. The van der Waals surface area contributed by atoms with E-state index < -0.39 is 5.97 Å². The Labute approximate surface area is 112 Å². The molecule has 94 valence electrons. The van der Waals surface area contributed by atoms with Crippen molar-refractivity contribution in [1.29, 1.82) is 0 Å². The molecule has 0 bridgehead atoms. The van der Waals surface area contributed by atoms with Crippen molar-refractivity contribution in [2.24, 2.45) is 0 Å². The van der Waals surface area contributed by atoms with Gasteiger partial charge in [-0.3, -0.25) is 0 Å². The fourth-order valence-electron chi connectivity index (χ4n) is 1.45. The molecule has 2 N–H and O–H groups in total. The van der Waals surface area contributed by atoms with E-state index in [0.717, 1.165) is 4.88 Å². The van der Waals surface area contributed by atoms with Gasteiger partial charge in [0.2, 0.25) is 0 Å². The van der Waals surface area contributed by atoms with Gasteiger partial charge >= 0.3 is 5.97 Å². The lowest BCUT2D eigenvalue weighted by Crippen LogP contribution is -2.12. The molecule has 0 saturated carbocycles. The quantitative estimate of drug-likeness (QED) is 0.902. The first kappa shape index (κ1) is 12.8.